The van der Waals surface area contributed by atoms with Crippen molar-refractivity contribution in [2.75, 3.05) is 6.61 Å². The molecule has 0 atom stereocenters. The molecular weight excluding hydrogens is 134 g/mol. The third kappa shape index (κ3) is 0.733. The van der Waals surface area contributed by atoms with Crippen LogP contribution in [0, 0.1) is 0 Å². The molecular formula is C6H5NOS. The van der Waals surface area contributed by atoms with Crippen LogP contribution in [0.25, 0.3) is 6.08 Å². The Hall–Kier alpha value is -0.830. The first-order valence-electron chi connectivity index (χ1n) is 2.69. The predicted octanol–water partition coefficient (Wildman–Crippen LogP) is 1.55. The highest BCUT2D eigenvalue weighted by Gasteiger charge is 2.05. The van der Waals surface area contributed by atoms with Crippen molar-refractivity contribution in [1.29, 1.82) is 0 Å². The third-order valence-corrected chi connectivity index (χ3v) is 1.90. The van der Waals surface area contributed by atoms with Crippen molar-refractivity contribution in [3.63, 3.8) is 0 Å². The van der Waals surface area contributed by atoms with Crippen LogP contribution in [0.3, 0.4) is 0 Å². The van der Waals surface area contributed by atoms with Crippen LogP contribution in [0.5, 0.6) is 5.06 Å². The molecule has 0 saturated carbocycles. The Morgan fingerprint density at radius 2 is 2.67 bits per heavy atom. The summed E-state index contributed by atoms with van der Waals surface area (Å²) in [4.78, 5) is 4.06. The minimum atomic E-state index is 0.690. The van der Waals surface area contributed by atoms with Crippen molar-refractivity contribution in [2.24, 2.45) is 0 Å². The van der Waals surface area contributed by atoms with Crippen LogP contribution in [0.1, 0.15) is 5.69 Å². The van der Waals surface area contributed by atoms with E-state index in [1.807, 2.05) is 12.2 Å². The molecule has 0 aliphatic carbocycles. The van der Waals surface area contributed by atoms with Crippen LogP contribution in [0.2, 0.25) is 0 Å². The van der Waals surface area contributed by atoms with Gasteiger partial charge in [-0.05, 0) is 12.2 Å². The number of fused-ring (bicyclic) bond motifs is 1. The molecule has 46 valence electrons. The van der Waals surface area contributed by atoms with Gasteiger partial charge in [0.15, 0.2) is 0 Å². The quantitative estimate of drug-likeness (QED) is 0.544. The maximum Gasteiger partial charge on any atom is 0.201 e. The van der Waals surface area contributed by atoms with E-state index in [1.54, 1.807) is 16.8 Å². The van der Waals surface area contributed by atoms with Crippen LogP contribution < -0.4 is 4.74 Å². The van der Waals surface area contributed by atoms with Crippen LogP contribution in [-0.4, -0.2) is 11.6 Å². The zero-order chi connectivity index (χ0) is 6.10. The molecule has 1 aromatic rings. The minimum absolute atomic E-state index is 0.690. The number of hydrogen-bond acceptors (Lipinski definition) is 3. The lowest BCUT2D eigenvalue weighted by molar-refractivity contribution is 0.368. The van der Waals surface area contributed by atoms with Gasteiger partial charge >= 0.3 is 0 Å². The maximum atomic E-state index is 5.23. The highest BCUT2D eigenvalue weighted by atomic mass is 32.1. The Morgan fingerprint density at radius 1 is 1.67 bits per heavy atom. The van der Waals surface area contributed by atoms with E-state index < -0.39 is 0 Å². The fourth-order valence-electron chi connectivity index (χ4n) is 0.747. The summed E-state index contributed by atoms with van der Waals surface area (Å²) < 4.78 is 5.23. The topological polar surface area (TPSA) is 22.1 Å². The van der Waals surface area contributed by atoms with E-state index >= 15 is 0 Å². The summed E-state index contributed by atoms with van der Waals surface area (Å²) in [5.41, 5.74) is 2.76. The van der Waals surface area contributed by atoms with Crippen molar-refractivity contribution >= 4 is 17.4 Å². The Balaban J connectivity index is 2.53. The van der Waals surface area contributed by atoms with Gasteiger partial charge in [0.1, 0.15) is 12.3 Å². The van der Waals surface area contributed by atoms with Crippen molar-refractivity contribution in [3.8, 4) is 5.06 Å². The first kappa shape index (κ1) is 4.99. The Kier molecular flexibility index (Phi) is 1.02. The van der Waals surface area contributed by atoms with Crippen LogP contribution in [-0.2, 0) is 0 Å². The number of thiazole rings is 1. The number of aromatic nitrogens is 1. The number of nitrogens with zero attached hydrogens (tertiary/aromatic N) is 1. The molecule has 0 saturated heterocycles. The van der Waals surface area contributed by atoms with E-state index in [-0.39, 0.29) is 0 Å². The van der Waals surface area contributed by atoms with Crippen LogP contribution in [0.4, 0.5) is 0 Å². The molecule has 3 heteroatoms. The lowest BCUT2D eigenvalue weighted by Crippen LogP contribution is -1.96. The molecule has 2 nitrogen and oxygen atoms in total. The second kappa shape index (κ2) is 1.84. The predicted molar refractivity (Wildman–Crippen MR) is 36.6 cm³/mol. The molecule has 0 N–H and O–H groups in total. The molecule has 0 amide bonds. The zero-order valence-corrected chi connectivity index (χ0v) is 5.52. The molecule has 0 aromatic carbocycles. The summed E-state index contributed by atoms with van der Waals surface area (Å²) in [6.45, 7) is 0.690. The number of ether oxygens (including phenoxy) is 1. The van der Waals surface area contributed by atoms with Gasteiger partial charge < -0.3 is 4.74 Å². The first-order valence-corrected chi connectivity index (χ1v) is 3.57. The van der Waals surface area contributed by atoms with Crippen molar-refractivity contribution in [1.82, 2.24) is 4.98 Å². The molecule has 9 heavy (non-hydrogen) atoms. The molecule has 1 aliphatic rings. The highest BCUT2D eigenvalue weighted by Crippen LogP contribution is 2.26. The van der Waals surface area contributed by atoms with Gasteiger partial charge in [-0.1, -0.05) is 11.3 Å². The van der Waals surface area contributed by atoms with Crippen LogP contribution >= 0.6 is 11.3 Å². The van der Waals surface area contributed by atoms with Gasteiger partial charge in [0.2, 0.25) is 5.06 Å². The van der Waals surface area contributed by atoms with E-state index in [1.165, 1.54) is 0 Å². The summed E-state index contributed by atoms with van der Waals surface area (Å²) in [5, 5.41) is 0.942. The van der Waals surface area contributed by atoms with E-state index in [4.69, 9.17) is 4.74 Å². The average molecular weight is 139 g/mol. The molecule has 2 rings (SSSR count). The second-order valence-corrected chi connectivity index (χ2v) is 2.56. The molecule has 0 spiro atoms. The molecule has 0 bridgehead atoms. The van der Waals surface area contributed by atoms with Gasteiger partial charge in [0.05, 0.1) is 5.51 Å². The van der Waals surface area contributed by atoms with Gasteiger partial charge in [-0.3, -0.25) is 0 Å². The summed E-state index contributed by atoms with van der Waals surface area (Å²) >= 11 is 1.54. The molecule has 1 aliphatic heterocycles. The monoisotopic (exact) mass is 139 g/mol. The van der Waals surface area contributed by atoms with Gasteiger partial charge in [0, 0.05) is 0 Å². The minimum Gasteiger partial charge on any atom is -0.478 e. The Morgan fingerprint density at radius 3 is 3.56 bits per heavy atom. The average Bonchev–Trinajstić information content (AvgIpc) is 2.33. The Bertz CT molecular complexity index is 241. The maximum absolute atomic E-state index is 5.23. The van der Waals surface area contributed by atoms with Crippen LogP contribution in [0.15, 0.2) is 11.6 Å². The van der Waals surface area contributed by atoms with Gasteiger partial charge in [-0.25, -0.2) is 4.98 Å². The van der Waals surface area contributed by atoms with E-state index in [0.29, 0.717) is 6.61 Å². The summed E-state index contributed by atoms with van der Waals surface area (Å²) in [7, 11) is 0. The highest BCUT2D eigenvalue weighted by molar-refractivity contribution is 7.11. The standard InChI is InChI=1S/C6H5NOS/c1-2-5-6(8-3-1)9-4-7-5/h1-2,4H,3H2. The van der Waals surface area contributed by atoms with E-state index in [9.17, 15) is 0 Å². The summed E-state index contributed by atoms with van der Waals surface area (Å²) in [6, 6.07) is 0. The number of rotatable bonds is 0. The van der Waals surface area contributed by atoms with Crippen molar-refractivity contribution in [3.05, 3.63) is 17.3 Å². The van der Waals surface area contributed by atoms with Gasteiger partial charge in [-0.2, -0.15) is 0 Å². The SMILES string of the molecule is C1=Cc2ncsc2OC1. The van der Waals surface area contributed by atoms with Crippen molar-refractivity contribution < 1.29 is 4.74 Å². The zero-order valence-electron chi connectivity index (χ0n) is 4.70. The lowest BCUT2D eigenvalue weighted by atomic mass is 10.4. The van der Waals surface area contributed by atoms with Gasteiger partial charge in [0.25, 0.3) is 0 Å². The van der Waals surface area contributed by atoms with Gasteiger partial charge in [-0.15, -0.1) is 0 Å². The lowest BCUT2D eigenvalue weighted by Gasteiger charge is -2.03. The molecule has 0 fully saturated rings. The summed E-state index contributed by atoms with van der Waals surface area (Å²) in [6.07, 6.45) is 3.94. The van der Waals surface area contributed by atoms with E-state index in [2.05, 4.69) is 4.98 Å². The largest absolute Gasteiger partial charge is 0.478 e. The molecule has 1 aromatic heterocycles. The fraction of sp³-hybridized carbons (Fsp3) is 0.167. The normalized spacial score (nSPS) is 14.7. The first-order chi connectivity index (χ1) is 4.47. The molecule has 2 heterocycles. The fourth-order valence-corrected chi connectivity index (χ4v) is 1.39. The third-order valence-electron chi connectivity index (χ3n) is 1.15. The molecule has 0 radical (unpaired) electrons. The second-order valence-electron chi connectivity index (χ2n) is 1.74. The van der Waals surface area contributed by atoms with Crippen molar-refractivity contribution in [2.45, 2.75) is 0 Å². The summed E-state index contributed by atoms with van der Waals surface area (Å²) in [5.74, 6) is 0. The molecule has 0 unspecified atom stereocenters. The smallest absolute Gasteiger partial charge is 0.201 e. The number of hydrogen-bond donors (Lipinski definition) is 0. The van der Waals surface area contributed by atoms with E-state index in [0.717, 1.165) is 10.8 Å². The Labute approximate surface area is 56.8 Å².